The van der Waals surface area contributed by atoms with Gasteiger partial charge in [0.05, 0.1) is 0 Å². The highest BCUT2D eigenvalue weighted by atomic mass is 16.5. The molecule has 148 valence electrons. The summed E-state index contributed by atoms with van der Waals surface area (Å²) in [5.41, 5.74) is 1.56. The number of nitrogens with zero attached hydrogens (tertiary/aromatic N) is 2. The van der Waals surface area contributed by atoms with E-state index in [-0.39, 0.29) is 30.5 Å². The highest BCUT2D eigenvalue weighted by molar-refractivity contribution is 5.94. The van der Waals surface area contributed by atoms with Crippen LogP contribution in [0.5, 0.6) is 5.75 Å². The fraction of sp³-hybridized carbons (Fsp3) is 0.545. The van der Waals surface area contributed by atoms with Crippen LogP contribution < -0.4 is 4.74 Å². The van der Waals surface area contributed by atoms with Gasteiger partial charge in [0.15, 0.2) is 6.61 Å². The average Bonchev–Trinajstić information content (AvgIpc) is 2.64. The van der Waals surface area contributed by atoms with Crippen molar-refractivity contribution < 1.29 is 14.3 Å². The largest absolute Gasteiger partial charge is 0.484 e. The van der Waals surface area contributed by atoms with Crippen LogP contribution in [-0.2, 0) is 4.79 Å². The maximum absolute atomic E-state index is 12.6. The number of rotatable bonds is 7. The van der Waals surface area contributed by atoms with Crippen LogP contribution in [0, 0.1) is 0 Å². The number of likely N-dealkylation sites (tertiary alicyclic amines) is 1. The fourth-order valence-corrected chi connectivity index (χ4v) is 3.66. The number of hydrogen-bond donors (Lipinski definition) is 0. The summed E-state index contributed by atoms with van der Waals surface area (Å²) in [6.07, 6.45) is 3.26. The molecule has 0 aromatic heterocycles. The lowest BCUT2D eigenvalue weighted by Gasteiger charge is -2.38. The third-order valence-electron chi connectivity index (χ3n) is 5.07. The normalized spacial score (nSPS) is 19.5. The Morgan fingerprint density at radius 3 is 2.30 bits per heavy atom. The first kappa shape index (κ1) is 21.0. The van der Waals surface area contributed by atoms with E-state index in [9.17, 15) is 9.59 Å². The third-order valence-corrected chi connectivity index (χ3v) is 5.07. The van der Waals surface area contributed by atoms with Gasteiger partial charge in [0, 0.05) is 30.7 Å². The Kier molecular flexibility index (Phi) is 7.45. The van der Waals surface area contributed by atoms with Crippen molar-refractivity contribution in [2.45, 2.75) is 59.0 Å². The van der Waals surface area contributed by atoms with Gasteiger partial charge in [-0.3, -0.25) is 9.59 Å². The van der Waals surface area contributed by atoms with Crippen LogP contribution in [0.2, 0.25) is 0 Å². The molecule has 1 heterocycles. The molecular formula is C22H32N2O3. The van der Waals surface area contributed by atoms with Crippen molar-refractivity contribution in [3.8, 4) is 5.75 Å². The standard InChI is InChI=1S/C22H32N2O3/c1-6-23(14-16(2)3)22(26)19-10-12-20(13-11-19)27-15-21(25)24-17(4)8-7-9-18(24)5/h10-13,17-18H,2,6-9,14-15H2,1,3-5H3. The van der Waals surface area contributed by atoms with Gasteiger partial charge in [0.2, 0.25) is 0 Å². The Labute approximate surface area is 163 Å². The summed E-state index contributed by atoms with van der Waals surface area (Å²) < 4.78 is 5.67. The molecule has 5 nitrogen and oxygen atoms in total. The number of hydrogen-bond acceptors (Lipinski definition) is 3. The Bertz CT molecular complexity index is 659. The SMILES string of the molecule is C=C(C)CN(CC)C(=O)c1ccc(OCC(=O)N2C(C)CCCC2C)cc1. The zero-order valence-corrected chi connectivity index (χ0v) is 17.0. The Morgan fingerprint density at radius 2 is 1.78 bits per heavy atom. The van der Waals surface area contributed by atoms with E-state index < -0.39 is 0 Å². The van der Waals surface area contributed by atoms with Gasteiger partial charge in [-0.2, -0.15) is 0 Å². The molecule has 2 unspecified atom stereocenters. The van der Waals surface area contributed by atoms with Crippen molar-refractivity contribution >= 4 is 11.8 Å². The van der Waals surface area contributed by atoms with Crippen molar-refractivity contribution in [3.05, 3.63) is 42.0 Å². The number of carbonyl (C=O) groups excluding carboxylic acids is 2. The van der Waals surface area contributed by atoms with Gasteiger partial charge in [-0.15, -0.1) is 0 Å². The molecule has 2 atom stereocenters. The topological polar surface area (TPSA) is 49.9 Å². The first-order chi connectivity index (χ1) is 12.8. The minimum atomic E-state index is -0.0286. The Morgan fingerprint density at radius 1 is 1.19 bits per heavy atom. The number of piperidine rings is 1. The quantitative estimate of drug-likeness (QED) is 0.682. The molecule has 1 fully saturated rings. The van der Waals surface area contributed by atoms with E-state index >= 15 is 0 Å². The predicted molar refractivity (Wildman–Crippen MR) is 108 cm³/mol. The Hall–Kier alpha value is -2.30. The molecular weight excluding hydrogens is 340 g/mol. The average molecular weight is 373 g/mol. The van der Waals surface area contributed by atoms with E-state index in [1.807, 2.05) is 18.7 Å². The molecule has 1 aromatic carbocycles. The molecule has 0 N–H and O–H groups in total. The van der Waals surface area contributed by atoms with Gasteiger partial charge in [0.25, 0.3) is 11.8 Å². The molecule has 1 aliphatic heterocycles. The second kappa shape index (κ2) is 9.58. The number of benzene rings is 1. The molecule has 2 amide bonds. The van der Waals surface area contributed by atoms with Gasteiger partial charge in [-0.05, 0) is 71.2 Å². The molecule has 2 rings (SSSR count). The second-order valence-corrected chi connectivity index (χ2v) is 7.52. The Balaban J connectivity index is 1.94. The number of amides is 2. The van der Waals surface area contributed by atoms with Gasteiger partial charge >= 0.3 is 0 Å². The number of likely N-dealkylation sites (N-methyl/N-ethyl adjacent to an activating group) is 1. The van der Waals surface area contributed by atoms with Crippen molar-refractivity contribution in [3.63, 3.8) is 0 Å². The van der Waals surface area contributed by atoms with Crippen LogP contribution >= 0.6 is 0 Å². The van der Waals surface area contributed by atoms with Crippen molar-refractivity contribution in [1.82, 2.24) is 9.80 Å². The molecule has 0 radical (unpaired) electrons. The highest BCUT2D eigenvalue weighted by Crippen LogP contribution is 2.23. The van der Waals surface area contributed by atoms with Crippen LogP contribution in [0.3, 0.4) is 0 Å². The van der Waals surface area contributed by atoms with Crippen LogP contribution in [0.15, 0.2) is 36.4 Å². The predicted octanol–water partition coefficient (Wildman–Crippen LogP) is 3.89. The van der Waals surface area contributed by atoms with E-state index in [1.165, 1.54) is 6.42 Å². The molecule has 0 spiro atoms. The van der Waals surface area contributed by atoms with Gasteiger partial charge in [0.1, 0.15) is 5.75 Å². The minimum absolute atomic E-state index is 0.0217. The number of carbonyl (C=O) groups is 2. The molecule has 1 aromatic rings. The van der Waals surface area contributed by atoms with Crippen LogP contribution in [0.4, 0.5) is 0 Å². The maximum Gasteiger partial charge on any atom is 0.260 e. The maximum atomic E-state index is 12.6. The van der Waals surface area contributed by atoms with E-state index in [1.54, 1.807) is 29.2 Å². The third kappa shape index (κ3) is 5.59. The smallest absolute Gasteiger partial charge is 0.260 e. The summed E-state index contributed by atoms with van der Waals surface area (Å²) in [5, 5.41) is 0. The lowest BCUT2D eigenvalue weighted by Crippen LogP contribution is -2.49. The molecule has 0 bridgehead atoms. The summed E-state index contributed by atoms with van der Waals surface area (Å²) in [7, 11) is 0. The van der Waals surface area contributed by atoms with E-state index in [0.29, 0.717) is 24.4 Å². The minimum Gasteiger partial charge on any atom is -0.484 e. The summed E-state index contributed by atoms with van der Waals surface area (Å²) in [6.45, 7) is 13.1. The molecule has 1 aliphatic rings. The van der Waals surface area contributed by atoms with Crippen molar-refractivity contribution in [1.29, 1.82) is 0 Å². The van der Waals surface area contributed by atoms with Crippen LogP contribution in [-0.4, -0.2) is 53.4 Å². The lowest BCUT2D eigenvalue weighted by molar-refractivity contribution is -0.139. The zero-order valence-electron chi connectivity index (χ0n) is 17.0. The summed E-state index contributed by atoms with van der Waals surface area (Å²) in [5.74, 6) is 0.590. The first-order valence-corrected chi connectivity index (χ1v) is 9.81. The summed E-state index contributed by atoms with van der Waals surface area (Å²) in [4.78, 5) is 28.8. The first-order valence-electron chi connectivity index (χ1n) is 9.81. The highest BCUT2D eigenvalue weighted by Gasteiger charge is 2.29. The summed E-state index contributed by atoms with van der Waals surface area (Å²) in [6, 6.07) is 7.51. The second-order valence-electron chi connectivity index (χ2n) is 7.52. The molecule has 27 heavy (non-hydrogen) atoms. The van der Waals surface area contributed by atoms with Gasteiger partial charge in [-0.1, -0.05) is 12.2 Å². The lowest BCUT2D eigenvalue weighted by atomic mass is 9.97. The van der Waals surface area contributed by atoms with Crippen LogP contribution in [0.25, 0.3) is 0 Å². The number of ether oxygens (including phenoxy) is 1. The monoisotopic (exact) mass is 372 g/mol. The van der Waals surface area contributed by atoms with E-state index in [2.05, 4.69) is 20.4 Å². The molecule has 0 aliphatic carbocycles. The zero-order chi connectivity index (χ0) is 20.0. The van der Waals surface area contributed by atoms with Crippen molar-refractivity contribution in [2.75, 3.05) is 19.7 Å². The molecule has 5 heteroatoms. The molecule has 1 saturated heterocycles. The van der Waals surface area contributed by atoms with Gasteiger partial charge < -0.3 is 14.5 Å². The van der Waals surface area contributed by atoms with Gasteiger partial charge in [-0.25, -0.2) is 0 Å². The fourth-order valence-electron chi connectivity index (χ4n) is 3.66. The van der Waals surface area contributed by atoms with Crippen molar-refractivity contribution in [2.24, 2.45) is 0 Å². The summed E-state index contributed by atoms with van der Waals surface area (Å²) >= 11 is 0. The van der Waals surface area contributed by atoms with E-state index in [0.717, 1.165) is 18.4 Å². The van der Waals surface area contributed by atoms with Crippen LogP contribution in [0.1, 0.15) is 57.3 Å². The van der Waals surface area contributed by atoms with E-state index in [4.69, 9.17) is 4.74 Å². The molecule has 0 saturated carbocycles.